The molecule has 21 heavy (non-hydrogen) atoms. The molecule has 1 aromatic carbocycles. The van der Waals surface area contributed by atoms with Crippen molar-refractivity contribution in [1.29, 1.82) is 0 Å². The van der Waals surface area contributed by atoms with Gasteiger partial charge in [0.15, 0.2) is 0 Å². The van der Waals surface area contributed by atoms with E-state index in [1.54, 1.807) is 0 Å². The number of hydrogen-bond donors (Lipinski definition) is 1. The molecule has 1 aliphatic rings. The second-order valence-electron chi connectivity index (χ2n) is 5.31. The quantitative estimate of drug-likeness (QED) is 0.799. The van der Waals surface area contributed by atoms with Crippen LogP contribution in [-0.4, -0.2) is 50.1 Å². The largest absolute Gasteiger partial charge is 0.469 e. The molecule has 5 heteroatoms. The molecule has 1 amide bonds. The van der Waals surface area contributed by atoms with Gasteiger partial charge in [0.05, 0.1) is 20.1 Å². The number of benzene rings is 1. The summed E-state index contributed by atoms with van der Waals surface area (Å²) in [7, 11) is 1.35. The molecule has 5 nitrogen and oxygen atoms in total. The number of carbonyl (C=O) groups excluding carboxylic acids is 2. The van der Waals surface area contributed by atoms with Crippen LogP contribution in [0.2, 0.25) is 0 Å². The highest BCUT2D eigenvalue weighted by molar-refractivity contribution is 5.78. The van der Waals surface area contributed by atoms with Crippen LogP contribution < -0.4 is 5.32 Å². The van der Waals surface area contributed by atoms with Gasteiger partial charge in [0.1, 0.15) is 0 Å². The lowest BCUT2D eigenvalue weighted by Crippen LogP contribution is -2.37. The first kappa shape index (κ1) is 15.5. The number of likely N-dealkylation sites (tertiary alicyclic amines) is 1. The second-order valence-corrected chi connectivity index (χ2v) is 5.31. The van der Waals surface area contributed by atoms with E-state index in [9.17, 15) is 9.59 Å². The fourth-order valence-electron chi connectivity index (χ4n) is 2.64. The molecule has 1 N–H and O–H groups in total. The minimum absolute atomic E-state index is 0.0346. The summed E-state index contributed by atoms with van der Waals surface area (Å²) >= 11 is 0. The first-order valence-corrected chi connectivity index (χ1v) is 7.30. The number of nitrogens with zero attached hydrogens (tertiary/aromatic N) is 1. The smallest absolute Gasteiger partial charge is 0.307 e. The third-order valence-corrected chi connectivity index (χ3v) is 3.79. The van der Waals surface area contributed by atoms with E-state index in [1.165, 1.54) is 12.7 Å². The van der Waals surface area contributed by atoms with Crippen LogP contribution in [0, 0.1) is 0 Å². The molecule has 1 saturated heterocycles. The van der Waals surface area contributed by atoms with E-state index in [-0.39, 0.29) is 18.3 Å². The highest BCUT2D eigenvalue weighted by Gasteiger charge is 2.24. The van der Waals surface area contributed by atoms with Crippen LogP contribution in [0.15, 0.2) is 30.3 Å². The van der Waals surface area contributed by atoms with Gasteiger partial charge in [-0.05, 0) is 24.4 Å². The summed E-state index contributed by atoms with van der Waals surface area (Å²) in [5.41, 5.74) is 1.34. The van der Waals surface area contributed by atoms with E-state index < -0.39 is 0 Å². The zero-order valence-corrected chi connectivity index (χ0v) is 12.4. The Morgan fingerprint density at radius 3 is 2.81 bits per heavy atom. The lowest BCUT2D eigenvalue weighted by Gasteiger charge is -2.15. The second kappa shape index (κ2) is 7.78. The van der Waals surface area contributed by atoms with Gasteiger partial charge < -0.3 is 10.1 Å². The highest BCUT2D eigenvalue weighted by Crippen LogP contribution is 2.26. The Morgan fingerprint density at radius 1 is 1.33 bits per heavy atom. The van der Waals surface area contributed by atoms with E-state index in [4.69, 9.17) is 0 Å². The van der Waals surface area contributed by atoms with Crippen molar-refractivity contribution in [2.24, 2.45) is 0 Å². The predicted octanol–water partition coefficient (Wildman–Crippen LogP) is 1.16. The van der Waals surface area contributed by atoms with Crippen LogP contribution in [0.4, 0.5) is 0 Å². The molecule has 1 aliphatic heterocycles. The fourth-order valence-corrected chi connectivity index (χ4v) is 2.64. The van der Waals surface area contributed by atoms with Gasteiger partial charge in [0.2, 0.25) is 5.91 Å². The topological polar surface area (TPSA) is 58.6 Å². The van der Waals surface area contributed by atoms with Crippen LogP contribution in [0.3, 0.4) is 0 Å². The molecule has 1 heterocycles. The van der Waals surface area contributed by atoms with E-state index in [2.05, 4.69) is 39.2 Å². The molecule has 0 aliphatic carbocycles. The van der Waals surface area contributed by atoms with E-state index in [1.807, 2.05) is 6.07 Å². The number of rotatable bonds is 6. The molecule has 0 radical (unpaired) electrons. The minimum atomic E-state index is -0.305. The van der Waals surface area contributed by atoms with Crippen molar-refractivity contribution >= 4 is 11.9 Å². The number of methoxy groups -OCH3 is 1. The van der Waals surface area contributed by atoms with Crippen LogP contribution >= 0.6 is 0 Å². The predicted molar refractivity (Wildman–Crippen MR) is 79.9 cm³/mol. The summed E-state index contributed by atoms with van der Waals surface area (Å²) in [5, 5.41) is 2.75. The lowest BCUT2D eigenvalue weighted by molar-refractivity contribution is -0.140. The normalized spacial score (nSPS) is 18.4. The summed E-state index contributed by atoms with van der Waals surface area (Å²) in [4.78, 5) is 24.9. The maximum atomic E-state index is 11.8. The maximum Gasteiger partial charge on any atom is 0.307 e. The van der Waals surface area contributed by atoms with Crippen LogP contribution in [0.5, 0.6) is 0 Å². The highest BCUT2D eigenvalue weighted by atomic mass is 16.5. The monoisotopic (exact) mass is 290 g/mol. The van der Waals surface area contributed by atoms with Crippen molar-refractivity contribution in [2.75, 3.05) is 33.3 Å². The Morgan fingerprint density at radius 2 is 2.10 bits per heavy atom. The molecule has 1 unspecified atom stereocenters. The van der Waals surface area contributed by atoms with Crippen LogP contribution in [-0.2, 0) is 14.3 Å². The molecular weight excluding hydrogens is 268 g/mol. The van der Waals surface area contributed by atoms with Gasteiger partial charge in [-0.25, -0.2) is 0 Å². The minimum Gasteiger partial charge on any atom is -0.469 e. The van der Waals surface area contributed by atoms with Gasteiger partial charge in [-0.15, -0.1) is 0 Å². The zero-order chi connectivity index (χ0) is 15.1. The maximum absolute atomic E-state index is 11.8. The average Bonchev–Trinajstić information content (AvgIpc) is 2.96. The van der Waals surface area contributed by atoms with Gasteiger partial charge in [0, 0.05) is 13.1 Å². The summed E-state index contributed by atoms with van der Waals surface area (Å²) in [6.07, 6.45) is 1.30. The van der Waals surface area contributed by atoms with Crippen molar-refractivity contribution in [3.63, 3.8) is 0 Å². The number of amides is 1. The molecule has 0 aromatic heterocycles. The molecule has 2 rings (SSSR count). The molecule has 1 fully saturated rings. The first-order chi connectivity index (χ1) is 10.2. The third-order valence-electron chi connectivity index (χ3n) is 3.79. The third kappa shape index (κ3) is 4.86. The van der Waals surface area contributed by atoms with Crippen molar-refractivity contribution in [3.8, 4) is 0 Å². The molecule has 0 bridgehead atoms. The van der Waals surface area contributed by atoms with Gasteiger partial charge in [-0.3, -0.25) is 14.5 Å². The summed E-state index contributed by atoms with van der Waals surface area (Å²) < 4.78 is 4.53. The van der Waals surface area contributed by atoms with E-state index in [0.717, 1.165) is 19.5 Å². The van der Waals surface area contributed by atoms with Gasteiger partial charge in [-0.1, -0.05) is 30.3 Å². The molecule has 0 saturated carbocycles. The SMILES string of the molecule is COC(=O)CCNC(=O)CN1CCC(c2ccccc2)C1. The molecular formula is C16H22N2O3. The average molecular weight is 290 g/mol. The van der Waals surface area contributed by atoms with E-state index >= 15 is 0 Å². The number of ether oxygens (including phenoxy) is 1. The Labute approximate surface area is 125 Å². The fraction of sp³-hybridized carbons (Fsp3) is 0.500. The van der Waals surface area contributed by atoms with Crippen LogP contribution in [0.1, 0.15) is 24.3 Å². The van der Waals surface area contributed by atoms with E-state index in [0.29, 0.717) is 19.0 Å². The molecule has 0 spiro atoms. The van der Waals surface area contributed by atoms with Gasteiger partial charge >= 0.3 is 5.97 Å². The van der Waals surface area contributed by atoms with Crippen molar-refractivity contribution in [1.82, 2.24) is 10.2 Å². The first-order valence-electron chi connectivity index (χ1n) is 7.30. The van der Waals surface area contributed by atoms with Crippen molar-refractivity contribution in [3.05, 3.63) is 35.9 Å². The Balaban J connectivity index is 1.70. The summed E-state index contributed by atoms with van der Waals surface area (Å²) in [6.45, 7) is 2.57. The number of carbonyl (C=O) groups is 2. The Bertz CT molecular complexity index is 476. The van der Waals surface area contributed by atoms with Crippen molar-refractivity contribution in [2.45, 2.75) is 18.8 Å². The number of hydrogen-bond acceptors (Lipinski definition) is 4. The lowest BCUT2D eigenvalue weighted by atomic mass is 9.99. The van der Waals surface area contributed by atoms with Gasteiger partial charge in [0.25, 0.3) is 0 Å². The molecule has 1 aromatic rings. The van der Waals surface area contributed by atoms with Crippen LogP contribution in [0.25, 0.3) is 0 Å². The Kier molecular flexibility index (Phi) is 5.75. The standard InChI is InChI=1S/C16H22N2O3/c1-21-16(20)7-9-17-15(19)12-18-10-8-14(11-18)13-5-3-2-4-6-13/h2-6,14H,7-12H2,1H3,(H,17,19). The summed E-state index contributed by atoms with van der Waals surface area (Å²) in [6, 6.07) is 10.4. The number of nitrogens with one attached hydrogen (secondary N) is 1. The van der Waals surface area contributed by atoms with Crippen molar-refractivity contribution < 1.29 is 14.3 Å². The Hall–Kier alpha value is -1.88. The van der Waals surface area contributed by atoms with Gasteiger partial charge in [-0.2, -0.15) is 0 Å². The molecule has 114 valence electrons. The summed E-state index contributed by atoms with van der Waals surface area (Å²) in [5.74, 6) is 0.169. The number of esters is 1. The molecule has 1 atom stereocenters. The zero-order valence-electron chi connectivity index (χ0n) is 12.4.